The molecule has 0 bridgehead atoms. The van der Waals surface area contributed by atoms with Crippen molar-refractivity contribution in [3.63, 3.8) is 0 Å². The molecule has 5 aromatic carbocycles. The van der Waals surface area contributed by atoms with Crippen molar-refractivity contribution < 1.29 is 27.5 Å². The Morgan fingerprint density at radius 2 is 1.25 bits per heavy atom. The van der Waals surface area contributed by atoms with E-state index in [2.05, 4.69) is 5.32 Å². The number of anilines is 1. The first-order chi connectivity index (χ1) is 24.4. The van der Waals surface area contributed by atoms with E-state index in [-0.39, 0.29) is 29.5 Å². The maximum absolute atomic E-state index is 14.8. The molecule has 1 N–H and O–H groups in total. The lowest BCUT2D eigenvalue weighted by Crippen LogP contribution is -2.56. The molecule has 5 rings (SSSR count). The Kier molecular flexibility index (Phi) is 11.8. The van der Waals surface area contributed by atoms with Crippen molar-refractivity contribution in [3.05, 3.63) is 151 Å². The molecule has 0 aliphatic carbocycles. The smallest absolute Gasteiger partial charge is 0.264 e. The lowest BCUT2D eigenvalue weighted by atomic mass is 10.0. The minimum atomic E-state index is -4.25. The monoisotopic (exact) mass is 705 g/mol. The summed E-state index contributed by atoms with van der Waals surface area (Å²) in [6.45, 7) is 5.07. The lowest BCUT2D eigenvalue weighted by molar-refractivity contribution is -0.140. The summed E-state index contributed by atoms with van der Waals surface area (Å²) in [4.78, 5) is 30.3. The van der Waals surface area contributed by atoms with Crippen molar-refractivity contribution in [2.24, 2.45) is 0 Å². The number of hydrogen-bond donors (Lipinski definition) is 1. The van der Waals surface area contributed by atoms with Gasteiger partial charge in [0.1, 0.15) is 29.8 Å². The second-order valence-electron chi connectivity index (χ2n) is 13.1. The normalized spacial score (nSPS) is 12.0. The third kappa shape index (κ3) is 9.98. The van der Waals surface area contributed by atoms with E-state index in [4.69, 9.17) is 9.47 Å². The van der Waals surface area contributed by atoms with Crippen LogP contribution in [0.5, 0.6) is 17.2 Å². The molecule has 0 saturated carbocycles. The van der Waals surface area contributed by atoms with E-state index in [9.17, 15) is 18.0 Å². The van der Waals surface area contributed by atoms with Gasteiger partial charge >= 0.3 is 0 Å². The number of carbonyl (C=O) groups is 2. The van der Waals surface area contributed by atoms with Gasteiger partial charge in [0, 0.05) is 18.5 Å². The van der Waals surface area contributed by atoms with Crippen LogP contribution in [0.1, 0.15) is 31.9 Å². The molecular formula is C41H43N3O6S. The molecule has 51 heavy (non-hydrogen) atoms. The van der Waals surface area contributed by atoms with E-state index in [0.29, 0.717) is 22.8 Å². The number of carbonyl (C=O) groups excluding carboxylic acids is 2. The number of benzene rings is 5. The van der Waals surface area contributed by atoms with Crippen molar-refractivity contribution in [1.82, 2.24) is 10.2 Å². The number of sulfonamides is 1. The van der Waals surface area contributed by atoms with Gasteiger partial charge in [-0.2, -0.15) is 0 Å². The predicted molar refractivity (Wildman–Crippen MR) is 199 cm³/mol. The SMILES string of the molecule is COc1cccc(CN(C(=O)CN(c2ccc(Oc3ccccc3)cc2)S(=O)(=O)c2ccccc2)[C@@H](Cc2ccccc2)C(=O)NC(C)(C)C)c1. The Balaban J connectivity index is 1.57. The number of para-hydroxylation sites is 1. The molecule has 0 unspecified atom stereocenters. The zero-order valence-electron chi connectivity index (χ0n) is 29.2. The van der Waals surface area contributed by atoms with Crippen LogP contribution < -0.4 is 19.1 Å². The topological polar surface area (TPSA) is 105 Å². The van der Waals surface area contributed by atoms with Gasteiger partial charge in [0.15, 0.2) is 0 Å². The highest BCUT2D eigenvalue weighted by atomic mass is 32.2. The number of amides is 2. The molecule has 0 saturated heterocycles. The molecule has 5 aromatic rings. The van der Waals surface area contributed by atoms with Gasteiger partial charge in [-0.3, -0.25) is 13.9 Å². The third-order valence-corrected chi connectivity index (χ3v) is 9.76. The minimum Gasteiger partial charge on any atom is -0.497 e. The summed E-state index contributed by atoms with van der Waals surface area (Å²) in [5.74, 6) is 0.786. The van der Waals surface area contributed by atoms with Crippen LogP contribution in [0.15, 0.2) is 144 Å². The molecule has 0 aliphatic rings. The van der Waals surface area contributed by atoms with E-state index in [1.54, 1.807) is 61.7 Å². The zero-order valence-corrected chi connectivity index (χ0v) is 30.0. The highest BCUT2D eigenvalue weighted by Gasteiger charge is 2.35. The minimum absolute atomic E-state index is 0.0214. The van der Waals surface area contributed by atoms with Gasteiger partial charge in [-0.15, -0.1) is 0 Å². The summed E-state index contributed by atoms with van der Waals surface area (Å²) in [7, 11) is -2.69. The van der Waals surface area contributed by atoms with Crippen molar-refractivity contribution in [3.8, 4) is 17.2 Å². The first kappa shape index (κ1) is 36.7. The summed E-state index contributed by atoms with van der Waals surface area (Å²) in [6.07, 6.45) is 0.204. The molecule has 0 aromatic heterocycles. The Morgan fingerprint density at radius 1 is 0.706 bits per heavy atom. The standard InChI is InChI=1S/C41H43N3O6S/c1-41(2,3)42-40(46)38(28-31-15-8-5-9-16-31)43(29-32-17-14-20-36(27-32)49-4)39(45)30-44(51(47,48)37-21-12-7-13-22-37)33-23-25-35(26-24-33)50-34-18-10-6-11-19-34/h5-27,38H,28-30H2,1-4H3,(H,42,46)/t38-/m0/s1. The zero-order chi connectivity index (χ0) is 36.4. The number of rotatable bonds is 14. The van der Waals surface area contributed by atoms with Gasteiger partial charge in [0.25, 0.3) is 10.0 Å². The molecule has 10 heteroatoms. The van der Waals surface area contributed by atoms with Crippen molar-refractivity contribution >= 4 is 27.5 Å². The largest absolute Gasteiger partial charge is 0.497 e. The molecule has 0 spiro atoms. The van der Waals surface area contributed by atoms with Crippen LogP contribution in [0.25, 0.3) is 0 Å². The first-order valence-electron chi connectivity index (χ1n) is 16.6. The first-order valence-corrected chi connectivity index (χ1v) is 18.1. The van der Waals surface area contributed by atoms with Gasteiger partial charge < -0.3 is 19.7 Å². The number of nitrogens with zero attached hydrogens (tertiary/aromatic N) is 2. The molecule has 1 atom stereocenters. The van der Waals surface area contributed by atoms with Crippen LogP contribution in [-0.2, 0) is 32.6 Å². The molecule has 9 nitrogen and oxygen atoms in total. The second kappa shape index (κ2) is 16.4. The Hall–Kier alpha value is -5.61. The molecule has 0 aliphatic heterocycles. The molecule has 0 fully saturated rings. The fourth-order valence-electron chi connectivity index (χ4n) is 5.53. The Morgan fingerprint density at radius 3 is 1.86 bits per heavy atom. The van der Waals surface area contributed by atoms with E-state index < -0.39 is 34.1 Å². The number of methoxy groups -OCH3 is 1. The quantitative estimate of drug-likeness (QED) is 0.131. The molecule has 0 heterocycles. The molecular weight excluding hydrogens is 663 g/mol. The summed E-state index contributed by atoms with van der Waals surface area (Å²) in [5.41, 5.74) is 1.22. The van der Waals surface area contributed by atoms with E-state index >= 15 is 0 Å². The van der Waals surface area contributed by atoms with Crippen LogP contribution in [-0.4, -0.2) is 50.4 Å². The number of ether oxygens (including phenoxy) is 2. The fraction of sp³-hybridized carbons (Fsp3) is 0.220. The van der Waals surface area contributed by atoms with Crippen molar-refractivity contribution in [1.29, 1.82) is 0 Å². The van der Waals surface area contributed by atoms with E-state index in [1.807, 2.05) is 93.6 Å². The van der Waals surface area contributed by atoms with Crippen LogP contribution >= 0.6 is 0 Å². The lowest BCUT2D eigenvalue weighted by Gasteiger charge is -2.35. The van der Waals surface area contributed by atoms with Crippen LogP contribution in [0.4, 0.5) is 5.69 Å². The van der Waals surface area contributed by atoms with E-state index in [1.165, 1.54) is 17.0 Å². The van der Waals surface area contributed by atoms with Gasteiger partial charge in [0.05, 0.1) is 17.7 Å². The van der Waals surface area contributed by atoms with Crippen LogP contribution in [0.3, 0.4) is 0 Å². The third-order valence-electron chi connectivity index (χ3n) is 7.97. The maximum atomic E-state index is 14.8. The molecule has 2 amide bonds. The van der Waals surface area contributed by atoms with Crippen LogP contribution in [0.2, 0.25) is 0 Å². The highest BCUT2D eigenvalue weighted by Crippen LogP contribution is 2.29. The van der Waals surface area contributed by atoms with Gasteiger partial charge in [-0.1, -0.05) is 78.9 Å². The summed E-state index contributed by atoms with van der Waals surface area (Å²) in [5, 5.41) is 3.05. The van der Waals surface area contributed by atoms with E-state index in [0.717, 1.165) is 9.87 Å². The Bertz CT molecular complexity index is 2000. The average Bonchev–Trinajstić information content (AvgIpc) is 3.13. The summed E-state index contributed by atoms with van der Waals surface area (Å²) < 4.78 is 41.1. The van der Waals surface area contributed by atoms with Gasteiger partial charge in [-0.05, 0) is 92.6 Å². The van der Waals surface area contributed by atoms with Crippen LogP contribution in [0, 0.1) is 0 Å². The van der Waals surface area contributed by atoms with Gasteiger partial charge in [-0.25, -0.2) is 8.42 Å². The van der Waals surface area contributed by atoms with Crippen molar-refractivity contribution in [2.75, 3.05) is 18.0 Å². The summed E-state index contributed by atoms with van der Waals surface area (Å²) in [6, 6.07) is 39.4. The predicted octanol–water partition coefficient (Wildman–Crippen LogP) is 7.24. The number of nitrogens with one attached hydrogen (secondary N) is 1. The fourth-order valence-corrected chi connectivity index (χ4v) is 6.96. The molecule has 0 radical (unpaired) electrons. The second-order valence-corrected chi connectivity index (χ2v) is 14.9. The average molecular weight is 706 g/mol. The van der Waals surface area contributed by atoms with Crippen molar-refractivity contribution in [2.45, 2.75) is 50.2 Å². The highest BCUT2D eigenvalue weighted by molar-refractivity contribution is 7.92. The molecule has 264 valence electrons. The number of hydrogen-bond acceptors (Lipinski definition) is 6. The maximum Gasteiger partial charge on any atom is 0.264 e. The Labute approximate surface area is 300 Å². The summed E-state index contributed by atoms with van der Waals surface area (Å²) >= 11 is 0. The van der Waals surface area contributed by atoms with Gasteiger partial charge in [0.2, 0.25) is 11.8 Å².